The summed E-state index contributed by atoms with van der Waals surface area (Å²) >= 11 is 0. The van der Waals surface area contributed by atoms with Crippen LogP contribution in [-0.2, 0) is 16.5 Å². The third-order valence-corrected chi connectivity index (χ3v) is 3.17. The highest BCUT2D eigenvalue weighted by Crippen LogP contribution is 2.17. The maximum Gasteiger partial charge on any atom is 0.257 e. The number of hydrogen-bond donors (Lipinski definition) is 2. The maximum atomic E-state index is 12.5. The SMILES string of the molecule is COCCNc1cc(C(=O)Nc2ccn(C)n2)cc(OCCOC)n1. The number of carbonyl (C=O) groups is 1. The molecule has 2 rings (SSSR count). The molecule has 2 heterocycles. The molecule has 2 aromatic heterocycles. The summed E-state index contributed by atoms with van der Waals surface area (Å²) in [6, 6.07) is 4.94. The number of pyridine rings is 1. The molecule has 0 atom stereocenters. The van der Waals surface area contributed by atoms with Crippen LogP contribution in [0.25, 0.3) is 0 Å². The summed E-state index contributed by atoms with van der Waals surface area (Å²) in [4.78, 5) is 16.8. The number of methoxy groups -OCH3 is 2. The first-order valence-electron chi connectivity index (χ1n) is 7.80. The standard InChI is InChI=1S/C16H23N5O4/c1-21-6-4-13(20-21)19-16(22)12-10-14(17-5-7-23-2)18-15(11-12)25-9-8-24-3/h4,6,10-11H,5,7-9H2,1-3H3,(H,17,18)(H,19,20,22). The summed E-state index contributed by atoms with van der Waals surface area (Å²) in [6.07, 6.45) is 1.75. The van der Waals surface area contributed by atoms with Crippen LogP contribution in [0.5, 0.6) is 5.88 Å². The van der Waals surface area contributed by atoms with Crippen molar-refractivity contribution in [3.05, 3.63) is 30.0 Å². The smallest absolute Gasteiger partial charge is 0.257 e. The van der Waals surface area contributed by atoms with Crippen LogP contribution in [0.3, 0.4) is 0 Å². The van der Waals surface area contributed by atoms with Gasteiger partial charge in [0.2, 0.25) is 5.88 Å². The Balaban J connectivity index is 2.13. The van der Waals surface area contributed by atoms with Gasteiger partial charge in [-0.3, -0.25) is 9.48 Å². The molecular formula is C16H23N5O4. The van der Waals surface area contributed by atoms with E-state index in [0.717, 1.165) is 0 Å². The summed E-state index contributed by atoms with van der Waals surface area (Å²) in [6.45, 7) is 1.85. The fraction of sp³-hybridized carbons (Fsp3) is 0.438. The average molecular weight is 349 g/mol. The van der Waals surface area contributed by atoms with E-state index in [1.165, 1.54) is 0 Å². The van der Waals surface area contributed by atoms with Crippen molar-refractivity contribution in [3.63, 3.8) is 0 Å². The number of nitrogens with zero attached hydrogens (tertiary/aromatic N) is 3. The summed E-state index contributed by atoms with van der Waals surface area (Å²) in [7, 11) is 4.98. The Hall–Kier alpha value is -2.65. The minimum absolute atomic E-state index is 0.299. The Labute approximate surface area is 146 Å². The zero-order chi connectivity index (χ0) is 18.1. The Morgan fingerprint density at radius 1 is 1.16 bits per heavy atom. The van der Waals surface area contributed by atoms with Crippen molar-refractivity contribution < 1.29 is 19.0 Å². The molecule has 9 nitrogen and oxygen atoms in total. The highest BCUT2D eigenvalue weighted by Gasteiger charge is 2.12. The lowest BCUT2D eigenvalue weighted by atomic mass is 10.2. The minimum Gasteiger partial charge on any atom is -0.475 e. The van der Waals surface area contributed by atoms with Crippen molar-refractivity contribution in [1.82, 2.24) is 14.8 Å². The number of aromatic nitrogens is 3. The van der Waals surface area contributed by atoms with Crippen LogP contribution >= 0.6 is 0 Å². The second-order valence-corrected chi connectivity index (χ2v) is 5.17. The van der Waals surface area contributed by atoms with Crippen molar-refractivity contribution in [2.75, 3.05) is 51.2 Å². The van der Waals surface area contributed by atoms with Crippen LogP contribution in [-0.4, -0.2) is 61.3 Å². The molecule has 136 valence electrons. The van der Waals surface area contributed by atoms with Crippen LogP contribution in [0, 0.1) is 0 Å². The molecular weight excluding hydrogens is 326 g/mol. The molecule has 0 unspecified atom stereocenters. The minimum atomic E-state index is -0.299. The number of ether oxygens (including phenoxy) is 3. The van der Waals surface area contributed by atoms with Crippen molar-refractivity contribution in [3.8, 4) is 5.88 Å². The molecule has 0 saturated carbocycles. The Morgan fingerprint density at radius 3 is 2.64 bits per heavy atom. The van der Waals surface area contributed by atoms with Crippen LogP contribution < -0.4 is 15.4 Å². The van der Waals surface area contributed by atoms with Gasteiger partial charge in [0.15, 0.2) is 5.82 Å². The number of anilines is 2. The quantitative estimate of drug-likeness (QED) is 0.621. The summed E-state index contributed by atoms with van der Waals surface area (Å²) < 4.78 is 17.1. The van der Waals surface area contributed by atoms with Crippen LogP contribution in [0.1, 0.15) is 10.4 Å². The number of aryl methyl sites for hydroxylation is 1. The molecule has 0 fully saturated rings. The normalized spacial score (nSPS) is 10.5. The Bertz CT molecular complexity index is 661. The van der Waals surface area contributed by atoms with Crippen molar-refractivity contribution in [1.29, 1.82) is 0 Å². The number of hydrogen-bond acceptors (Lipinski definition) is 7. The van der Waals surface area contributed by atoms with E-state index in [1.54, 1.807) is 50.3 Å². The molecule has 0 saturated heterocycles. The Kier molecular flexibility index (Phi) is 7.17. The van der Waals surface area contributed by atoms with Crippen molar-refractivity contribution >= 4 is 17.5 Å². The van der Waals surface area contributed by atoms with Gasteiger partial charge in [-0.25, -0.2) is 0 Å². The van der Waals surface area contributed by atoms with E-state index in [-0.39, 0.29) is 5.91 Å². The zero-order valence-corrected chi connectivity index (χ0v) is 14.6. The molecule has 2 aromatic rings. The first-order chi connectivity index (χ1) is 12.1. The Morgan fingerprint density at radius 2 is 1.96 bits per heavy atom. The predicted octanol–water partition coefficient (Wildman–Crippen LogP) is 1.15. The lowest BCUT2D eigenvalue weighted by Gasteiger charge is -2.11. The first-order valence-corrected chi connectivity index (χ1v) is 7.80. The molecule has 0 spiro atoms. The van der Waals surface area contributed by atoms with E-state index in [2.05, 4.69) is 20.7 Å². The lowest BCUT2D eigenvalue weighted by molar-refractivity contribution is 0.102. The molecule has 0 aliphatic carbocycles. The monoisotopic (exact) mass is 349 g/mol. The van der Waals surface area contributed by atoms with Gasteiger partial charge in [0.25, 0.3) is 5.91 Å². The molecule has 0 aliphatic rings. The molecule has 0 aromatic carbocycles. The van der Waals surface area contributed by atoms with Crippen LogP contribution in [0.2, 0.25) is 0 Å². The summed E-state index contributed by atoms with van der Waals surface area (Å²) in [5, 5.41) is 9.96. The summed E-state index contributed by atoms with van der Waals surface area (Å²) in [5.74, 6) is 1.04. The van der Waals surface area contributed by atoms with E-state index in [1.807, 2.05) is 0 Å². The van der Waals surface area contributed by atoms with Gasteiger partial charge in [-0.15, -0.1) is 0 Å². The van der Waals surface area contributed by atoms with Gasteiger partial charge in [0.1, 0.15) is 12.4 Å². The third-order valence-electron chi connectivity index (χ3n) is 3.17. The second-order valence-electron chi connectivity index (χ2n) is 5.17. The molecule has 9 heteroatoms. The second kappa shape index (κ2) is 9.60. The van der Waals surface area contributed by atoms with E-state index >= 15 is 0 Å². The number of rotatable bonds is 10. The third kappa shape index (κ3) is 6.05. The van der Waals surface area contributed by atoms with Gasteiger partial charge >= 0.3 is 0 Å². The largest absolute Gasteiger partial charge is 0.475 e. The van der Waals surface area contributed by atoms with E-state index in [4.69, 9.17) is 14.2 Å². The fourth-order valence-electron chi connectivity index (χ4n) is 1.98. The maximum absolute atomic E-state index is 12.5. The van der Waals surface area contributed by atoms with E-state index < -0.39 is 0 Å². The highest BCUT2D eigenvalue weighted by molar-refractivity contribution is 6.04. The number of nitrogens with one attached hydrogen (secondary N) is 2. The zero-order valence-electron chi connectivity index (χ0n) is 14.6. The molecule has 2 N–H and O–H groups in total. The number of amides is 1. The van der Waals surface area contributed by atoms with Crippen LogP contribution in [0.4, 0.5) is 11.6 Å². The van der Waals surface area contributed by atoms with Gasteiger partial charge in [-0.1, -0.05) is 0 Å². The first kappa shape index (κ1) is 18.7. The van der Waals surface area contributed by atoms with Crippen molar-refractivity contribution in [2.24, 2.45) is 7.05 Å². The molecule has 1 amide bonds. The van der Waals surface area contributed by atoms with Gasteiger partial charge in [-0.05, 0) is 6.07 Å². The molecule has 0 aliphatic heterocycles. The number of carbonyl (C=O) groups excluding carboxylic acids is 1. The molecule has 0 radical (unpaired) electrons. The average Bonchev–Trinajstić information content (AvgIpc) is 3.00. The topological polar surface area (TPSA) is 99.5 Å². The van der Waals surface area contributed by atoms with E-state index in [9.17, 15) is 4.79 Å². The van der Waals surface area contributed by atoms with Gasteiger partial charge in [0, 0.05) is 51.7 Å². The van der Waals surface area contributed by atoms with Crippen LogP contribution in [0.15, 0.2) is 24.4 Å². The lowest BCUT2D eigenvalue weighted by Crippen LogP contribution is -2.16. The highest BCUT2D eigenvalue weighted by atomic mass is 16.5. The fourth-order valence-corrected chi connectivity index (χ4v) is 1.98. The van der Waals surface area contributed by atoms with Gasteiger partial charge in [-0.2, -0.15) is 10.1 Å². The molecule has 0 bridgehead atoms. The van der Waals surface area contributed by atoms with Gasteiger partial charge in [0.05, 0.1) is 13.2 Å². The van der Waals surface area contributed by atoms with Crippen molar-refractivity contribution in [2.45, 2.75) is 0 Å². The summed E-state index contributed by atoms with van der Waals surface area (Å²) in [5.41, 5.74) is 0.410. The predicted molar refractivity (Wildman–Crippen MR) is 93.1 cm³/mol. The molecule has 25 heavy (non-hydrogen) atoms. The van der Waals surface area contributed by atoms with E-state index in [0.29, 0.717) is 49.4 Å². The van der Waals surface area contributed by atoms with Gasteiger partial charge < -0.3 is 24.8 Å².